The van der Waals surface area contributed by atoms with Crippen LogP contribution in [0.2, 0.25) is 5.02 Å². The molecule has 1 unspecified atom stereocenters. The Hall–Kier alpha value is -0.780. The summed E-state index contributed by atoms with van der Waals surface area (Å²) in [5, 5.41) is 0.584. The average Bonchev–Trinajstić information content (AvgIpc) is 3.11. The summed E-state index contributed by atoms with van der Waals surface area (Å²) in [4.78, 5) is 9.88. The fraction of sp³-hybridized carbons (Fsp3) is 0.385. The maximum absolute atomic E-state index is 12.1. The molecule has 0 aliphatic heterocycles. The Morgan fingerprint density at radius 3 is 2.89 bits per heavy atom. The highest BCUT2D eigenvalue weighted by Gasteiger charge is 2.26. The van der Waals surface area contributed by atoms with Gasteiger partial charge in [-0.25, -0.2) is 0 Å². The summed E-state index contributed by atoms with van der Waals surface area (Å²) in [6, 6.07) is 4.78. The monoisotopic (exact) mass is 284 g/mol. The van der Waals surface area contributed by atoms with Gasteiger partial charge in [0.2, 0.25) is 0 Å². The molecular weight excluding hydrogens is 271 g/mol. The lowest BCUT2D eigenvalue weighted by Gasteiger charge is -2.12. The van der Waals surface area contributed by atoms with Gasteiger partial charge in [-0.15, -0.1) is 0 Å². The molecule has 0 saturated heterocycles. The van der Waals surface area contributed by atoms with Crippen molar-refractivity contribution < 1.29 is 14.0 Å². The van der Waals surface area contributed by atoms with Crippen molar-refractivity contribution in [3.63, 3.8) is 0 Å². The summed E-state index contributed by atoms with van der Waals surface area (Å²) >= 11 is 5.86. The summed E-state index contributed by atoms with van der Waals surface area (Å²) in [6.07, 6.45) is 2.22. The second-order valence-electron chi connectivity index (χ2n) is 4.14. The predicted octanol–water partition coefficient (Wildman–Crippen LogP) is 2.95. The van der Waals surface area contributed by atoms with E-state index in [1.807, 2.05) is 0 Å². The third kappa shape index (κ3) is 3.37. The minimum absolute atomic E-state index is 0.162. The van der Waals surface area contributed by atoms with Crippen LogP contribution in [0.3, 0.4) is 0 Å². The van der Waals surface area contributed by atoms with Crippen LogP contribution in [-0.4, -0.2) is 11.5 Å². The fourth-order valence-electron chi connectivity index (χ4n) is 1.50. The van der Waals surface area contributed by atoms with Crippen LogP contribution in [-0.2, 0) is 9.09 Å². The molecule has 0 spiro atoms. The number of benzene rings is 1. The highest BCUT2D eigenvalue weighted by molar-refractivity contribution is 7.61. The van der Waals surface area contributed by atoms with Crippen molar-refractivity contribution in [2.75, 3.05) is 6.61 Å². The van der Waals surface area contributed by atoms with E-state index in [1.54, 1.807) is 19.1 Å². The highest BCUT2D eigenvalue weighted by atomic mass is 35.5. The molecule has 1 atom stereocenters. The molecule has 2 rings (SSSR count). The number of rotatable bonds is 3. The molecule has 0 heterocycles. The molecule has 0 radical (unpaired) electrons. The van der Waals surface area contributed by atoms with Gasteiger partial charge in [-0.05, 0) is 38.0 Å². The van der Waals surface area contributed by atoms with Crippen LogP contribution < -0.4 is 5.30 Å². The molecule has 0 aromatic heterocycles. The summed E-state index contributed by atoms with van der Waals surface area (Å²) in [7, 11) is -3.84. The van der Waals surface area contributed by atoms with Gasteiger partial charge in [-0.3, -0.25) is 4.57 Å². The van der Waals surface area contributed by atoms with E-state index in [-0.39, 0.29) is 11.9 Å². The Morgan fingerprint density at radius 1 is 1.56 bits per heavy atom. The van der Waals surface area contributed by atoms with Gasteiger partial charge in [-0.2, -0.15) is 0 Å². The molecule has 0 amide bonds. The van der Waals surface area contributed by atoms with Crippen LogP contribution in [0.1, 0.15) is 25.3 Å². The predicted molar refractivity (Wildman–Crippen MR) is 72.1 cm³/mol. The first kappa shape index (κ1) is 13.6. The minimum atomic E-state index is -3.84. The summed E-state index contributed by atoms with van der Waals surface area (Å²) in [6.45, 7) is 1.83. The Morgan fingerprint density at radius 2 is 2.28 bits per heavy atom. The smallest absolute Gasteiger partial charge is 0.321 e. The van der Waals surface area contributed by atoms with Crippen molar-refractivity contribution in [2.45, 2.75) is 19.8 Å². The van der Waals surface area contributed by atoms with Crippen molar-refractivity contribution in [1.82, 2.24) is 0 Å². The van der Waals surface area contributed by atoms with Gasteiger partial charge in [0.25, 0.3) is 0 Å². The Kier molecular flexibility index (Phi) is 4.14. The lowest BCUT2D eigenvalue weighted by atomic mass is 10.2. The van der Waals surface area contributed by atoms with Gasteiger partial charge in [-0.1, -0.05) is 23.4 Å². The van der Waals surface area contributed by atoms with Gasteiger partial charge in [0, 0.05) is 16.5 Å². The van der Waals surface area contributed by atoms with Crippen LogP contribution in [0.15, 0.2) is 18.2 Å². The van der Waals surface area contributed by atoms with Crippen molar-refractivity contribution in [3.8, 4) is 11.8 Å². The standard InChI is InChI=1S/C13H14ClO3P/c1-2-17-18(15,16)13-9-12(14)8-7-11(13)6-5-10-3-4-10/h7-10H,2-4H2,1H3,(H,15,16). The topological polar surface area (TPSA) is 46.5 Å². The Bertz CT molecular complexity index is 555. The largest absolute Gasteiger partial charge is 0.360 e. The van der Waals surface area contributed by atoms with Crippen molar-refractivity contribution >= 4 is 24.5 Å². The quantitative estimate of drug-likeness (QED) is 0.686. The zero-order chi connectivity index (χ0) is 13.2. The molecule has 3 nitrogen and oxygen atoms in total. The molecular formula is C13H14ClO3P. The fourth-order valence-corrected chi connectivity index (χ4v) is 2.97. The second-order valence-corrected chi connectivity index (χ2v) is 6.36. The third-order valence-electron chi connectivity index (χ3n) is 2.56. The minimum Gasteiger partial charge on any atom is -0.321 e. The molecule has 1 aromatic rings. The van der Waals surface area contributed by atoms with Crippen LogP contribution in [0.25, 0.3) is 0 Å². The zero-order valence-corrected chi connectivity index (χ0v) is 11.7. The van der Waals surface area contributed by atoms with E-state index in [2.05, 4.69) is 11.8 Å². The summed E-state index contributed by atoms with van der Waals surface area (Å²) < 4.78 is 17.0. The normalized spacial score (nSPS) is 17.7. The van der Waals surface area contributed by atoms with Gasteiger partial charge < -0.3 is 9.42 Å². The Labute approximate surface area is 112 Å². The number of hydrogen-bond acceptors (Lipinski definition) is 2. The van der Waals surface area contributed by atoms with E-state index in [4.69, 9.17) is 16.1 Å². The van der Waals surface area contributed by atoms with E-state index in [0.29, 0.717) is 16.5 Å². The lowest BCUT2D eigenvalue weighted by molar-refractivity contribution is 0.284. The maximum atomic E-state index is 12.1. The number of halogens is 1. The molecule has 1 aliphatic rings. The van der Waals surface area contributed by atoms with Crippen LogP contribution >= 0.6 is 19.2 Å². The van der Waals surface area contributed by atoms with Crippen LogP contribution in [0.5, 0.6) is 0 Å². The van der Waals surface area contributed by atoms with E-state index < -0.39 is 7.60 Å². The molecule has 96 valence electrons. The lowest BCUT2D eigenvalue weighted by Crippen LogP contribution is -2.11. The summed E-state index contributed by atoms with van der Waals surface area (Å²) in [5.41, 5.74) is 0.519. The van der Waals surface area contributed by atoms with Crippen molar-refractivity contribution in [1.29, 1.82) is 0 Å². The molecule has 1 N–H and O–H groups in total. The van der Waals surface area contributed by atoms with Gasteiger partial charge in [0.05, 0.1) is 11.9 Å². The van der Waals surface area contributed by atoms with E-state index >= 15 is 0 Å². The van der Waals surface area contributed by atoms with E-state index in [1.165, 1.54) is 6.07 Å². The van der Waals surface area contributed by atoms with Crippen molar-refractivity contribution in [3.05, 3.63) is 28.8 Å². The SMILES string of the molecule is CCOP(=O)(O)c1cc(Cl)ccc1C#CC1CC1. The second kappa shape index (κ2) is 5.47. The molecule has 1 aromatic carbocycles. The highest BCUT2D eigenvalue weighted by Crippen LogP contribution is 2.42. The van der Waals surface area contributed by atoms with Gasteiger partial charge in [0.15, 0.2) is 0 Å². The Balaban J connectivity index is 2.40. The third-order valence-corrected chi connectivity index (χ3v) is 4.38. The first-order chi connectivity index (χ1) is 8.53. The maximum Gasteiger partial charge on any atom is 0.360 e. The van der Waals surface area contributed by atoms with Gasteiger partial charge in [0.1, 0.15) is 0 Å². The first-order valence-electron chi connectivity index (χ1n) is 5.82. The molecule has 1 fully saturated rings. The summed E-state index contributed by atoms with van der Waals surface area (Å²) in [5.74, 6) is 6.44. The van der Waals surface area contributed by atoms with Crippen LogP contribution in [0.4, 0.5) is 0 Å². The van der Waals surface area contributed by atoms with Gasteiger partial charge >= 0.3 is 7.60 Å². The zero-order valence-electron chi connectivity index (χ0n) is 10.0. The van der Waals surface area contributed by atoms with E-state index in [9.17, 15) is 9.46 Å². The number of hydrogen-bond donors (Lipinski definition) is 1. The van der Waals surface area contributed by atoms with Crippen LogP contribution in [0, 0.1) is 17.8 Å². The first-order valence-corrected chi connectivity index (χ1v) is 7.77. The average molecular weight is 285 g/mol. The molecule has 1 aliphatic carbocycles. The molecule has 18 heavy (non-hydrogen) atoms. The molecule has 5 heteroatoms. The van der Waals surface area contributed by atoms with Crippen molar-refractivity contribution in [2.24, 2.45) is 5.92 Å². The molecule has 0 bridgehead atoms. The molecule has 1 saturated carbocycles. The van der Waals surface area contributed by atoms with E-state index in [0.717, 1.165) is 12.8 Å².